The highest BCUT2D eigenvalue weighted by Gasteiger charge is 2.35. The van der Waals surface area contributed by atoms with Crippen LogP contribution < -0.4 is 10.1 Å². The standard InChI is InChI=1S/C11H17NSi/c1-4-12-9-13(2,3)11-8-6-5-7-10(11)12/h5-8H,4,9H2,1-3H3. The van der Waals surface area contributed by atoms with E-state index in [-0.39, 0.29) is 0 Å². The predicted molar refractivity (Wildman–Crippen MR) is 61.4 cm³/mol. The van der Waals surface area contributed by atoms with Crippen molar-refractivity contribution in [2.45, 2.75) is 20.0 Å². The van der Waals surface area contributed by atoms with E-state index in [1.165, 1.54) is 11.9 Å². The van der Waals surface area contributed by atoms with Crippen LogP contribution >= 0.6 is 0 Å². The third kappa shape index (κ3) is 1.29. The van der Waals surface area contributed by atoms with Gasteiger partial charge in [-0.3, -0.25) is 0 Å². The molecule has 13 heavy (non-hydrogen) atoms. The van der Waals surface area contributed by atoms with Crippen LogP contribution in [0.4, 0.5) is 5.69 Å². The molecule has 0 aliphatic carbocycles. The highest BCUT2D eigenvalue weighted by molar-refractivity contribution is 6.92. The van der Waals surface area contributed by atoms with E-state index in [0.717, 1.165) is 6.54 Å². The Morgan fingerprint density at radius 1 is 1.31 bits per heavy atom. The van der Waals surface area contributed by atoms with Crippen LogP contribution in [-0.4, -0.2) is 20.8 Å². The van der Waals surface area contributed by atoms with Crippen LogP contribution in [0.2, 0.25) is 13.1 Å². The van der Waals surface area contributed by atoms with Gasteiger partial charge in [0.15, 0.2) is 0 Å². The Morgan fingerprint density at radius 3 is 2.69 bits per heavy atom. The van der Waals surface area contributed by atoms with E-state index in [0.29, 0.717) is 0 Å². The molecule has 1 aromatic carbocycles. The quantitative estimate of drug-likeness (QED) is 0.614. The van der Waals surface area contributed by atoms with Crippen molar-refractivity contribution in [1.29, 1.82) is 0 Å². The summed E-state index contributed by atoms with van der Waals surface area (Å²) in [4.78, 5) is 2.52. The molecule has 1 aliphatic rings. The second kappa shape index (κ2) is 2.88. The first kappa shape index (κ1) is 8.82. The van der Waals surface area contributed by atoms with E-state index in [9.17, 15) is 0 Å². The molecule has 0 unspecified atom stereocenters. The van der Waals surface area contributed by atoms with E-state index in [1.807, 2.05) is 0 Å². The summed E-state index contributed by atoms with van der Waals surface area (Å²) in [6.45, 7) is 8.31. The minimum atomic E-state index is -1.12. The molecule has 0 spiro atoms. The summed E-state index contributed by atoms with van der Waals surface area (Å²) in [5.41, 5.74) is 1.49. The molecule has 0 fully saturated rings. The van der Waals surface area contributed by atoms with Gasteiger partial charge < -0.3 is 4.90 Å². The Morgan fingerprint density at radius 2 is 2.00 bits per heavy atom. The van der Waals surface area contributed by atoms with Gasteiger partial charge in [-0.2, -0.15) is 0 Å². The van der Waals surface area contributed by atoms with Gasteiger partial charge in [-0.05, 0) is 18.2 Å². The third-order valence-corrected chi connectivity index (χ3v) is 6.00. The van der Waals surface area contributed by atoms with Gasteiger partial charge in [0.05, 0.1) is 0 Å². The lowest BCUT2D eigenvalue weighted by atomic mass is 10.3. The molecule has 0 N–H and O–H groups in total. The molecule has 0 bridgehead atoms. The average molecular weight is 191 g/mol. The van der Waals surface area contributed by atoms with Gasteiger partial charge >= 0.3 is 0 Å². The fourth-order valence-electron chi connectivity index (χ4n) is 2.25. The Kier molecular flexibility index (Phi) is 1.95. The molecule has 0 radical (unpaired) electrons. The van der Waals surface area contributed by atoms with Crippen molar-refractivity contribution in [2.75, 3.05) is 17.6 Å². The molecular weight excluding hydrogens is 174 g/mol. The maximum absolute atomic E-state index is 2.52. The summed E-state index contributed by atoms with van der Waals surface area (Å²) in [5.74, 6) is 0. The SMILES string of the molecule is CCN1C[Si](C)(C)c2ccccc21. The van der Waals surface area contributed by atoms with Gasteiger partial charge in [-0.25, -0.2) is 0 Å². The molecule has 0 saturated carbocycles. The van der Waals surface area contributed by atoms with Crippen molar-refractivity contribution in [3.05, 3.63) is 24.3 Å². The van der Waals surface area contributed by atoms with E-state index in [2.05, 4.69) is 49.2 Å². The van der Waals surface area contributed by atoms with Crippen molar-refractivity contribution >= 4 is 18.9 Å². The van der Waals surface area contributed by atoms with Crippen LogP contribution in [0.25, 0.3) is 0 Å². The summed E-state index contributed by atoms with van der Waals surface area (Å²) < 4.78 is 0. The second-order valence-electron chi connectivity index (χ2n) is 4.42. The lowest BCUT2D eigenvalue weighted by Gasteiger charge is -2.19. The number of nitrogens with zero attached hydrogens (tertiary/aromatic N) is 1. The van der Waals surface area contributed by atoms with Crippen molar-refractivity contribution in [2.24, 2.45) is 0 Å². The van der Waals surface area contributed by atoms with Crippen LogP contribution in [0.3, 0.4) is 0 Å². The summed E-state index contributed by atoms with van der Waals surface area (Å²) >= 11 is 0. The van der Waals surface area contributed by atoms with Gasteiger partial charge in [0.25, 0.3) is 0 Å². The third-order valence-electron chi connectivity index (χ3n) is 2.94. The highest BCUT2D eigenvalue weighted by atomic mass is 28.3. The van der Waals surface area contributed by atoms with Gasteiger partial charge in [0, 0.05) is 18.4 Å². The van der Waals surface area contributed by atoms with Crippen molar-refractivity contribution in [3.8, 4) is 0 Å². The molecule has 1 heterocycles. The Bertz CT molecular complexity index is 320. The van der Waals surface area contributed by atoms with Crippen molar-refractivity contribution in [1.82, 2.24) is 0 Å². The van der Waals surface area contributed by atoms with E-state index < -0.39 is 8.07 Å². The molecular formula is C11H17NSi. The van der Waals surface area contributed by atoms with Crippen LogP contribution in [0.5, 0.6) is 0 Å². The fourth-order valence-corrected chi connectivity index (χ4v) is 5.25. The number of hydrogen-bond acceptors (Lipinski definition) is 1. The number of fused-ring (bicyclic) bond motifs is 1. The second-order valence-corrected chi connectivity index (χ2v) is 9.04. The zero-order valence-corrected chi connectivity index (χ0v) is 9.67. The summed E-state index contributed by atoms with van der Waals surface area (Å²) in [7, 11) is -1.12. The predicted octanol–water partition coefficient (Wildman–Crippen LogP) is 1.98. The van der Waals surface area contributed by atoms with Crippen LogP contribution in [0, 0.1) is 0 Å². The normalized spacial score (nSPS) is 18.8. The number of para-hydroxylation sites is 1. The number of benzene rings is 1. The molecule has 1 aromatic rings. The number of anilines is 1. The first-order valence-corrected chi connectivity index (χ1v) is 8.20. The Labute approximate surface area is 81.4 Å². The minimum Gasteiger partial charge on any atom is -0.374 e. The molecule has 0 atom stereocenters. The first-order valence-electron chi connectivity index (χ1n) is 4.99. The maximum atomic E-state index is 2.52. The molecule has 70 valence electrons. The summed E-state index contributed by atoms with van der Waals surface area (Å²) in [6.07, 6.45) is 1.29. The van der Waals surface area contributed by atoms with Gasteiger partial charge in [0.2, 0.25) is 0 Å². The lowest BCUT2D eigenvalue weighted by molar-refractivity contribution is 0.947. The molecule has 1 nitrogen and oxygen atoms in total. The average Bonchev–Trinajstić information content (AvgIpc) is 2.39. The van der Waals surface area contributed by atoms with E-state index >= 15 is 0 Å². The molecule has 0 saturated heterocycles. The topological polar surface area (TPSA) is 3.24 Å². The minimum absolute atomic E-state index is 1.12. The Balaban J connectivity index is 2.51. The molecule has 1 aliphatic heterocycles. The molecule has 2 rings (SSSR count). The van der Waals surface area contributed by atoms with Crippen molar-refractivity contribution < 1.29 is 0 Å². The molecule has 0 amide bonds. The number of rotatable bonds is 1. The molecule has 2 heteroatoms. The monoisotopic (exact) mass is 191 g/mol. The fraction of sp³-hybridized carbons (Fsp3) is 0.455. The van der Waals surface area contributed by atoms with E-state index in [4.69, 9.17) is 0 Å². The maximum Gasteiger partial charge on any atom is 0.104 e. The number of hydrogen-bond donors (Lipinski definition) is 0. The highest BCUT2D eigenvalue weighted by Crippen LogP contribution is 2.24. The van der Waals surface area contributed by atoms with Crippen molar-refractivity contribution in [3.63, 3.8) is 0 Å². The first-order chi connectivity index (χ1) is 6.15. The Hall–Kier alpha value is -0.763. The summed E-state index contributed by atoms with van der Waals surface area (Å²) in [6, 6.07) is 8.90. The van der Waals surface area contributed by atoms with E-state index in [1.54, 1.807) is 5.19 Å². The van der Waals surface area contributed by atoms with Gasteiger partial charge in [0.1, 0.15) is 8.07 Å². The van der Waals surface area contributed by atoms with Crippen LogP contribution in [0.1, 0.15) is 6.92 Å². The smallest absolute Gasteiger partial charge is 0.104 e. The van der Waals surface area contributed by atoms with Gasteiger partial charge in [-0.1, -0.05) is 31.3 Å². The largest absolute Gasteiger partial charge is 0.374 e. The summed E-state index contributed by atoms with van der Waals surface area (Å²) in [5, 5.41) is 1.64. The lowest BCUT2D eigenvalue weighted by Crippen LogP contribution is -2.42. The zero-order valence-electron chi connectivity index (χ0n) is 8.67. The zero-order chi connectivity index (χ0) is 9.47. The molecule has 0 aromatic heterocycles. The van der Waals surface area contributed by atoms with Gasteiger partial charge in [-0.15, -0.1) is 0 Å². The van der Waals surface area contributed by atoms with Crippen LogP contribution in [0.15, 0.2) is 24.3 Å². The van der Waals surface area contributed by atoms with Crippen LogP contribution in [-0.2, 0) is 0 Å².